The minimum atomic E-state index is -0.284. The number of nitrogens with one attached hydrogen (secondary N) is 1. The van der Waals surface area contributed by atoms with Crippen molar-refractivity contribution in [2.24, 2.45) is 0 Å². The quantitative estimate of drug-likeness (QED) is 0.488. The summed E-state index contributed by atoms with van der Waals surface area (Å²) in [6.07, 6.45) is 0. The number of hydrogen-bond donors (Lipinski definition) is 1. The smallest absolute Gasteiger partial charge is 0.257 e. The maximum absolute atomic E-state index is 12.7. The van der Waals surface area contributed by atoms with Gasteiger partial charge >= 0.3 is 0 Å². The normalized spacial score (nSPS) is 10.7. The number of hydrogen-bond acceptors (Lipinski definition) is 4. The Labute approximate surface area is 185 Å². The van der Waals surface area contributed by atoms with Gasteiger partial charge in [0, 0.05) is 27.4 Å². The van der Waals surface area contributed by atoms with Gasteiger partial charge in [0.1, 0.15) is 0 Å². The van der Waals surface area contributed by atoms with Gasteiger partial charge in [0.2, 0.25) is 0 Å². The number of ether oxygens (including phenoxy) is 2. The zero-order valence-electron chi connectivity index (χ0n) is 17.0. The molecule has 8 heteroatoms. The second-order valence-corrected chi connectivity index (χ2v) is 7.39. The Morgan fingerprint density at radius 2 is 1.77 bits per heavy atom. The van der Waals surface area contributed by atoms with Gasteiger partial charge in [-0.3, -0.25) is 9.48 Å². The molecule has 1 N–H and O–H groups in total. The molecule has 30 heavy (non-hydrogen) atoms. The van der Waals surface area contributed by atoms with Crippen molar-refractivity contribution in [3.05, 3.63) is 69.3 Å². The molecule has 0 saturated carbocycles. The van der Waals surface area contributed by atoms with E-state index in [-0.39, 0.29) is 5.91 Å². The summed E-state index contributed by atoms with van der Waals surface area (Å²) in [7, 11) is 0. The predicted molar refractivity (Wildman–Crippen MR) is 119 cm³/mol. The van der Waals surface area contributed by atoms with Gasteiger partial charge in [-0.05, 0) is 56.7 Å². The minimum absolute atomic E-state index is 0.284. The predicted octanol–water partition coefficient (Wildman–Crippen LogP) is 5.60. The van der Waals surface area contributed by atoms with Crippen molar-refractivity contribution in [1.82, 2.24) is 9.78 Å². The third-order valence-corrected chi connectivity index (χ3v) is 4.95. The van der Waals surface area contributed by atoms with E-state index in [4.69, 9.17) is 32.7 Å². The first-order chi connectivity index (χ1) is 14.4. The largest absolute Gasteiger partial charge is 0.490 e. The van der Waals surface area contributed by atoms with Gasteiger partial charge in [0.15, 0.2) is 17.3 Å². The summed E-state index contributed by atoms with van der Waals surface area (Å²) in [6.45, 7) is 7.14. The Balaban J connectivity index is 1.76. The molecule has 0 spiro atoms. The molecule has 1 amide bonds. The summed E-state index contributed by atoms with van der Waals surface area (Å²) >= 11 is 12.2. The third-order valence-electron chi connectivity index (χ3n) is 4.36. The van der Waals surface area contributed by atoms with E-state index in [1.54, 1.807) is 41.1 Å². The van der Waals surface area contributed by atoms with E-state index in [0.717, 1.165) is 11.3 Å². The van der Waals surface area contributed by atoms with Crippen molar-refractivity contribution in [3.63, 3.8) is 0 Å². The lowest BCUT2D eigenvalue weighted by molar-refractivity contribution is 0.102. The van der Waals surface area contributed by atoms with Crippen LogP contribution in [0.1, 0.15) is 35.5 Å². The lowest BCUT2D eigenvalue weighted by Crippen LogP contribution is -2.13. The highest BCUT2D eigenvalue weighted by Gasteiger charge is 2.14. The van der Waals surface area contributed by atoms with Crippen molar-refractivity contribution >= 4 is 34.9 Å². The van der Waals surface area contributed by atoms with Crippen LogP contribution in [-0.4, -0.2) is 28.9 Å². The van der Waals surface area contributed by atoms with Crippen LogP contribution in [0.2, 0.25) is 10.0 Å². The van der Waals surface area contributed by atoms with E-state index < -0.39 is 0 Å². The Hall–Kier alpha value is -2.70. The second-order valence-electron chi connectivity index (χ2n) is 6.55. The summed E-state index contributed by atoms with van der Waals surface area (Å²) in [4.78, 5) is 12.7. The molecule has 1 heterocycles. The van der Waals surface area contributed by atoms with Crippen LogP contribution in [-0.2, 0) is 6.54 Å². The molecule has 0 saturated heterocycles. The van der Waals surface area contributed by atoms with E-state index >= 15 is 0 Å². The number of halogens is 2. The molecule has 0 aliphatic rings. The average Bonchev–Trinajstić information content (AvgIpc) is 3.04. The molecule has 0 aliphatic heterocycles. The minimum Gasteiger partial charge on any atom is -0.490 e. The van der Waals surface area contributed by atoms with Gasteiger partial charge in [0.25, 0.3) is 5.91 Å². The number of anilines is 1. The number of carbonyl (C=O) groups excluding carboxylic acids is 1. The van der Waals surface area contributed by atoms with Crippen LogP contribution < -0.4 is 14.8 Å². The fraction of sp³-hybridized carbons (Fsp3) is 0.273. The van der Waals surface area contributed by atoms with Gasteiger partial charge in [-0.2, -0.15) is 5.10 Å². The number of aromatic nitrogens is 2. The van der Waals surface area contributed by atoms with Gasteiger partial charge in [-0.15, -0.1) is 0 Å². The number of aryl methyl sites for hydroxylation is 1. The molecular formula is C22H23Cl2N3O3. The van der Waals surface area contributed by atoms with Crippen molar-refractivity contribution in [1.29, 1.82) is 0 Å². The Kier molecular flexibility index (Phi) is 7.24. The molecule has 3 aromatic rings. The number of benzene rings is 2. The molecule has 2 aromatic carbocycles. The van der Waals surface area contributed by atoms with Gasteiger partial charge in [-0.1, -0.05) is 29.3 Å². The number of rotatable bonds is 8. The number of carbonyl (C=O) groups is 1. The monoisotopic (exact) mass is 447 g/mol. The Bertz CT molecular complexity index is 1050. The summed E-state index contributed by atoms with van der Waals surface area (Å²) in [6, 6.07) is 12.2. The van der Waals surface area contributed by atoms with Crippen molar-refractivity contribution in [2.45, 2.75) is 27.3 Å². The highest BCUT2D eigenvalue weighted by molar-refractivity contribution is 6.35. The molecular weight excluding hydrogens is 425 g/mol. The zero-order valence-corrected chi connectivity index (χ0v) is 18.5. The maximum atomic E-state index is 12.7. The first-order valence-electron chi connectivity index (χ1n) is 9.60. The van der Waals surface area contributed by atoms with Crippen LogP contribution in [0.3, 0.4) is 0 Å². The summed E-state index contributed by atoms with van der Waals surface area (Å²) in [5, 5.41) is 8.45. The molecule has 1 aromatic heterocycles. The summed E-state index contributed by atoms with van der Waals surface area (Å²) in [5.74, 6) is 1.31. The van der Waals surface area contributed by atoms with E-state index in [0.29, 0.717) is 52.7 Å². The van der Waals surface area contributed by atoms with E-state index in [9.17, 15) is 4.79 Å². The standard InChI is InChI=1S/C22H23Cl2N3O3/c1-4-29-19-9-7-15(11-20(19)30-5-2)22(28)25-21-10-14(3)27(26-21)13-16-6-8-17(23)12-18(16)24/h6-12H,4-5,13H2,1-3H3,(H,25,26,28). The van der Waals surface area contributed by atoms with E-state index in [1.165, 1.54) is 0 Å². The van der Waals surface area contributed by atoms with Gasteiger partial charge in [-0.25, -0.2) is 0 Å². The second kappa shape index (κ2) is 9.87. The maximum Gasteiger partial charge on any atom is 0.257 e. The molecule has 0 atom stereocenters. The van der Waals surface area contributed by atoms with Crippen LogP contribution in [0, 0.1) is 6.92 Å². The molecule has 0 unspecified atom stereocenters. The van der Waals surface area contributed by atoms with Crippen LogP contribution in [0.4, 0.5) is 5.82 Å². The Morgan fingerprint density at radius 1 is 1.03 bits per heavy atom. The number of nitrogens with zero attached hydrogens (tertiary/aromatic N) is 2. The molecule has 6 nitrogen and oxygen atoms in total. The van der Waals surface area contributed by atoms with Crippen molar-refractivity contribution in [2.75, 3.05) is 18.5 Å². The van der Waals surface area contributed by atoms with Crippen LogP contribution in [0.5, 0.6) is 11.5 Å². The molecule has 0 radical (unpaired) electrons. The molecule has 158 valence electrons. The van der Waals surface area contributed by atoms with Gasteiger partial charge in [0.05, 0.1) is 19.8 Å². The van der Waals surface area contributed by atoms with E-state index in [2.05, 4.69) is 10.4 Å². The molecule has 0 fully saturated rings. The highest BCUT2D eigenvalue weighted by Crippen LogP contribution is 2.29. The fourth-order valence-electron chi connectivity index (χ4n) is 2.92. The molecule has 0 aliphatic carbocycles. The zero-order chi connectivity index (χ0) is 21.7. The lowest BCUT2D eigenvalue weighted by atomic mass is 10.2. The topological polar surface area (TPSA) is 65.4 Å². The highest BCUT2D eigenvalue weighted by atomic mass is 35.5. The van der Waals surface area contributed by atoms with Crippen LogP contribution in [0.25, 0.3) is 0 Å². The van der Waals surface area contributed by atoms with Gasteiger partial charge < -0.3 is 14.8 Å². The third kappa shape index (κ3) is 5.26. The van der Waals surface area contributed by atoms with Crippen LogP contribution >= 0.6 is 23.2 Å². The molecule has 3 rings (SSSR count). The fourth-order valence-corrected chi connectivity index (χ4v) is 3.39. The van der Waals surface area contributed by atoms with Crippen molar-refractivity contribution in [3.8, 4) is 11.5 Å². The lowest BCUT2D eigenvalue weighted by Gasteiger charge is -2.12. The molecule has 0 bridgehead atoms. The van der Waals surface area contributed by atoms with Crippen molar-refractivity contribution < 1.29 is 14.3 Å². The van der Waals surface area contributed by atoms with E-state index in [1.807, 2.05) is 26.8 Å². The summed E-state index contributed by atoms with van der Waals surface area (Å²) < 4.78 is 12.9. The first kappa shape index (κ1) is 22.0. The van der Waals surface area contributed by atoms with Crippen LogP contribution in [0.15, 0.2) is 42.5 Å². The Morgan fingerprint density at radius 3 is 2.47 bits per heavy atom. The average molecular weight is 448 g/mol. The number of amides is 1. The summed E-state index contributed by atoms with van der Waals surface area (Å²) in [5.41, 5.74) is 2.23. The first-order valence-corrected chi connectivity index (χ1v) is 10.4. The SMILES string of the molecule is CCOc1ccc(C(=O)Nc2cc(C)n(Cc3ccc(Cl)cc3Cl)n2)cc1OCC.